The number of nitrogens with two attached hydrogens (primary N) is 1. The van der Waals surface area contributed by atoms with E-state index in [1.165, 1.54) is 38.5 Å². The van der Waals surface area contributed by atoms with Gasteiger partial charge in [-0.2, -0.15) is 4.73 Å². The Labute approximate surface area is 129 Å². The van der Waals surface area contributed by atoms with Crippen molar-refractivity contribution in [2.75, 3.05) is 6.61 Å². The number of hydrogen-bond acceptors (Lipinski definition) is 4. The van der Waals surface area contributed by atoms with Gasteiger partial charge >= 0.3 is 0 Å². The fraction of sp³-hybridized carbons (Fsp3) is 0.562. The van der Waals surface area contributed by atoms with E-state index in [9.17, 15) is 4.79 Å². The Morgan fingerprint density at radius 2 is 2.14 bits per heavy atom. The third-order valence-corrected chi connectivity index (χ3v) is 4.37. The summed E-state index contributed by atoms with van der Waals surface area (Å²) in [7, 11) is 0. The van der Waals surface area contributed by atoms with Crippen molar-refractivity contribution in [1.29, 1.82) is 0 Å². The average molecular weight is 302 g/mol. The lowest BCUT2D eigenvalue weighted by molar-refractivity contribution is 0.0995. The van der Waals surface area contributed by atoms with Crippen LogP contribution in [-0.2, 0) is 0 Å². The van der Waals surface area contributed by atoms with Crippen LogP contribution in [0.2, 0.25) is 0 Å². The van der Waals surface area contributed by atoms with Crippen LogP contribution in [0.1, 0.15) is 55.4 Å². The van der Waals surface area contributed by atoms with E-state index in [0.717, 1.165) is 17.9 Å². The summed E-state index contributed by atoms with van der Waals surface area (Å²) in [5.41, 5.74) is 6.85. The van der Waals surface area contributed by atoms with Crippen molar-refractivity contribution in [3.63, 3.8) is 0 Å². The smallest absolute Gasteiger partial charge is 0.267 e. The van der Waals surface area contributed by atoms with Gasteiger partial charge in [-0.05, 0) is 24.8 Å². The van der Waals surface area contributed by atoms with Crippen LogP contribution in [0.15, 0.2) is 18.6 Å². The monoisotopic (exact) mass is 302 g/mol. The molecule has 22 heavy (non-hydrogen) atoms. The zero-order valence-electron chi connectivity index (χ0n) is 12.7. The fourth-order valence-electron chi connectivity index (χ4n) is 3.14. The number of amides is 1. The van der Waals surface area contributed by atoms with E-state index in [-0.39, 0.29) is 5.69 Å². The van der Waals surface area contributed by atoms with Gasteiger partial charge in [0, 0.05) is 0 Å². The van der Waals surface area contributed by atoms with Crippen LogP contribution in [0.5, 0.6) is 0 Å². The number of primary amides is 1. The lowest BCUT2D eigenvalue weighted by Crippen LogP contribution is -2.15. The van der Waals surface area contributed by atoms with Gasteiger partial charge in [0.15, 0.2) is 0 Å². The summed E-state index contributed by atoms with van der Waals surface area (Å²) in [5.74, 6) is 0.321. The lowest BCUT2D eigenvalue weighted by atomic mass is 9.86. The van der Waals surface area contributed by atoms with Gasteiger partial charge in [-0.3, -0.25) is 4.79 Å². The Balaban J connectivity index is 1.54. The molecule has 1 amide bonds. The van der Waals surface area contributed by atoms with E-state index in [1.54, 1.807) is 23.3 Å². The lowest BCUT2D eigenvalue weighted by Gasteiger charge is -2.21. The molecule has 0 spiro atoms. The number of fused-ring (bicyclic) bond motifs is 1. The summed E-state index contributed by atoms with van der Waals surface area (Å²) < 4.78 is 1.62. The van der Waals surface area contributed by atoms with Crippen LogP contribution >= 0.6 is 0 Å². The molecule has 118 valence electrons. The summed E-state index contributed by atoms with van der Waals surface area (Å²) >= 11 is 0. The van der Waals surface area contributed by atoms with Crippen molar-refractivity contribution in [3.05, 3.63) is 24.3 Å². The Bertz CT molecular complexity index is 647. The molecule has 1 aliphatic rings. The van der Waals surface area contributed by atoms with E-state index in [1.807, 2.05) is 0 Å². The Kier molecular flexibility index (Phi) is 4.56. The Morgan fingerprint density at radius 1 is 1.32 bits per heavy atom. The molecular weight excluding hydrogens is 280 g/mol. The summed E-state index contributed by atoms with van der Waals surface area (Å²) in [5, 5.41) is 0. The van der Waals surface area contributed by atoms with Crippen LogP contribution in [0, 0.1) is 5.92 Å². The summed E-state index contributed by atoms with van der Waals surface area (Å²) in [6.07, 6.45) is 12.4. The molecule has 0 bridgehead atoms. The maximum Gasteiger partial charge on any atom is 0.267 e. The molecular formula is C16H22N4O2. The number of imidazole rings is 1. The van der Waals surface area contributed by atoms with E-state index >= 15 is 0 Å². The van der Waals surface area contributed by atoms with Gasteiger partial charge in [-0.15, -0.1) is 0 Å². The van der Waals surface area contributed by atoms with Crippen molar-refractivity contribution in [3.8, 4) is 0 Å². The van der Waals surface area contributed by atoms with Gasteiger partial charge in [0.1, 0.15) is 24.1 Å². The van der Waals surface area contributed by atoms with E-state index in [0.29, 0.717) is 12.1 Å². The first kappa shape index (κ1) is 14.8. The first-order chi connectivity index (χ1) is 10.7. The van der Waals surface area contributed by atoms with Crippen molar-refractivity contribution >= 4 is 16.9 Å². The average Bonchev–Trinajstić information content (AvgIpc) is 2.95. The third kappa shape index (κ3) is 3.37. The quantitative estimate of drug-likeness (QED) is 0.830. The van der Waals surface area contributed by atoms with Crippen molar-refractivity contribution in [2.24, 2.45) is 11.7 Å². The SMILES string of the molecule is NC(=O)c1cc2ncn(OCCCC3CCCCC3)c2cn1. The Morgan fingerprint density at radius 3 is 2.91 bits per heavy atom. The third-order valence-electron chi connectivity index (χ3n) is 4.37. The molecule has 2 heterocycles. The topological polar surface area (TPSA) is 83.0 Å². The minimum Gasteiger partial charge on any atom is -0.412 e. The van der Waals surface area contributed by atoms with Crippen LogP contribution in [0.4, 0.5) is 0 Å². The van der Waals surface area contributed by atoms with Gasteiger partial charge < -0.3 is 10.6 Å². The molecule has 0 radical (unpaired) electrons. The van der Waals surface area contributed by atoms with E-state index < -0.39 is 5.91 Å². The van der Waals surface area contributed by atoms with Gasteiger partial charge in [0.2, 0.25) is 0 Å². The highest BCUT2D eigenvalue weighted by atomic mass is 16.7. The highest BCUT2D eigenvalue weighted by Gasteiger charge is 2.13. The molecule has 1 fully saturated rings. The standard InChI is InChI=1S/C16H22N4O2/c17-16(21)14-9-13-15(10-18-14)20(11-19-13)22-8-4-7-12-5-2-1-3-6-12/h9-12H,1-8H2,(H2,17,21). The molecule has 2 N–H and O–H groups in total. The number of nitrogens with zero attached hydrogens (tertiary/aromatic N) is 3. The number of carbonyl (C=O) groups is 1. The van der Waals surface area contributed by atoms with E-state index in [2.05, 4.69) is 9.97 Å². The Hall–Kier alpha value is -2.11. The van der Waals surface area contributed by atoms with Crippen LogP contribution in [0.25, 0.3) is 11.0 Å². The normalized spacial score (nSPS) is 16.0. The maximum absolute atomic E-state index is 11.1. The molecule has 0 saturated heterocycles. The number of hydrogen-bond donors (Lipinski definition) is 1. The first-order valence-corrected chi connectivity index (χ1v) is 8.00. The van der Waals surface area contributed by atoms with Gasteiger partial charge in [-0.1, -0.05) is 32.1 Å². The number of carbonyl (C=O) groups excluding carboxylic acids is 1. The molecule has 1 aliphatic carbocycles. The molecule has 0 aromatic carbocycles. The molecule has 3 rings (SSSR count). The van der Waals surface area contributed by atoms with Crippen molar-refractivity contribution < 1.29 is 9.63 Å². The first-order valence-electron chi connectivity index (χ1n) is 8.00. The molecule has 2 aromatic rings. The molecule has 0 unspecified atom stereocenters. The predicted molar refractivity (Wildman–Crippen MR) is 83.3 cm³/mol. The molecule has 0 atom stereocenters. The second kappa shape index (κ2) is 6.77. The van der Waals surface area contributed by atoms with Gasteiger partial charge in [0.25, 0.3) is 5.91 Å². The minimum atomic E-state index is -0.551. The van der Waals surface area contributed by atoms with Crippen molar-refractivity contribution in [1.82, 2.24) is 14.7 Å². The number of aromatic nitrogens is 3. The zero-order valence-corrected chi connectivity index (χ0v) is 12.7. The van der Waals surface area contributed by atoms with Crippen LogP contribution in [0.3, 0.4) is 0 Å². The summed E-state index contributed by atoms with van der Waals surface area (Å²) in [6, 6.07) is 1.58. The summed E-state index contributed by atoms with van der Waals surface area (Å²) in [4.78, 5) is 25.1. The van der Waals surface area contributed by atoms with E-state index in [4.69, 9.17) is 10.6 Å². The number of rotatable bonds is 6. The zero-order chi connectivity index (χ0) is 15.4. The molecule has 6 nitrogen and oxygen atoms in total. The van der Waals surface area contributed by atoms with Crippen molar-refractivity contribution in [2.45, 2.75) is 44.9 Å². The molecule has 2 aromatic heterocycles. The van der Waals surface area contributed by atoms with Crippen LogP contribution in [-0.4, -0.2) is 27.2 Å². The maximum atomic E-state index is 11.1. The molecule has 6 heteroatoms. The molecule has 0 aliphatic heterocycles. The largest absolute Gasteiger partial charge is 0.412 e. The fourth-order valence-corrected chi connectivity index (χ4v) is 3.14. The minimum absolute atomic E-state index is 0.218. The second-order valence-corrected chi connectivity index (χ2v) is 5.97. The van der Waals surface area contributed by atoms with Crippen LogP contribution < -0.4 is 10.6 Å². The second-order valence-electron chi connectivity index (χ2n) is 5.97. The molecule has 1 saturated carbocycles. The summed E-state index contributed by atoms with van der Waals surface area (Å²) in [6.45, 7) is 0.666. The predicted octanol–water partition coefficient (Wildman–Crippen LogP) is 2.32. The van der Waals surface area contributed by atoms with Gasteiger partial charge in [0.05, 0.1) is 11.7 Å². The highest BCUT2D eigenvalue weighted by molar-refractivity contribution is 5.93. The van der Waals surface area contributed by atoms with Gasteiger partial charge in [-0.25, -0.2) is 9.97 Å². The number of pyridine rings is 1. The highest BCUT2D eigenvalue weighted by Crippen LogP contribution is 2.27.